The van der Waals surface area contributed by atoms with Crippen LogP contribution >= 0.6 is 0 Å². The van der Waals surface area contributed by atoms with Crippen molar-refractivity contribution in [2.45, 2.75) is 19.4 Å². The summed E-state index contributed by atoms with van der Waals surface area (Å²) in [6.07, 6.45) is 3.98. The van der Waals surface area contributed by atoms with Gasteiger partial charge in [-0.1, -0.05) is 12.1 Å². The highest BCUT2D eigenvalue weighted by Crippen LogP contribution is 2.21. The number of rotatable bonds is 5. The van der Waals surface area contributed by atoms with Crippen LogP contribution in [0.15, 0.2) is 42.6 Å². The number of hydrogen-bond acceptors (Lipinski definition) is 5. The summed E-state index contributed by atoms with van der Waals surface area (Å²) < 4.78 is 4.67. The van der Waals surface area contributed by atoms with E-state index in [0.717, 1.165) is 37.3 Å². The number of pyridine rings is 1. The summed E-state index contributed by atoms with van der Waals surface area (Å²) in [4.78, 5) is 30.5. The van der Waals surface area contributed by atoms with Crippen LogP contribution in [0, 0.1) is 0 Å². The van der Waals surface area contributed by atoms with Gasteiger partial charge in [0, 0.05) is 25.8 Å². The van der Waals surface area contributed by atoms with Crippen LogP contribution in [0.2, 0.25) is 0 Å². The van der Waals surface area contributed by atoms with E-state index in [9.17, 15) is 9.59 Å². The predicted molar refractivity (Wildman–Crippen MR) is 94.6 cm³/mol. The van der Waals surface area contributed by atoms with Crippen LogP contribution in [0.3, 0.4) is 0 Å². The molecule has 3 rings (SSSR count). The summed E-state index contributed by atoms with van der Waals surface area (Å²) in [5.41, 5.74) is 1.99. The lowest BCUT2D eigenvalue weighted by molar-refractivity contribution is 0.0600. The van der Waals surface area contributed by atoms with Gasteiger partial charge in [0.2, 0.25) is 0 Å². The Hall–Kier alpha value is -2.89. The first-order valence-electron chi connectivity index (χ1n) is 8.34. The molecular weight excluding hydrogens is 318 g/mol. The van der Waals surface area contributed by atoms with Crippen molar-refractivity contribution in [1.82, 2.24) is 10.3 Å². The van der Waals surface area contributed by atoms with Crippen molar-refractivity contribution in [1.29, 1.82) is 0 Å². The molecule has 0 saturated carbocycles. The molecule has 0 aliphatic carbocycles. The monoisotopic (exact) mass is 339 g/mol. The summed E-state index contributed by atoms with van der Waals surface area (Å²) in [6.45, 7) is 2.26. The summed E-state index contributed by atoms with van der Waals surface area (Å²) in [5.74, 6) is 0.229. The van der Waals surface area contributed by atoms with Gasteiger partial charge in [-0.25, -0.2) is 9.78 Å². The van der Waals surface area contributed by atoms with Crippen LogP contribution in [-0.2, 0) is 11.3 Å². The minimum absolute atomic E-state index is 0.146. The normalized spacial score (nSPS) is 13.6. The molecule has 1 aromatic carbocycles. The molecule has 1 amide bonds. The Morgan fingerprint density at radius 3 is 2.56 bits per heavy atom. The summed E-state index contributed by atoms with van der Waals surface area (Å²) in [7, 11) is 1.35. The van der Waals surface area contributed by atoms with Crippen LogP contribution in [0.5, 0.6) is 0 Å². The third-order valence-electron chi connectivity index (χ3n) is 4.27. The number of nitrogens with one attached hydrogen (secondary N) is 1. The van der Waals surface area contributed by atoms with E-state index in [1.54, 1.807) is 42.6 Å². The summed E-state index contributed by atoms with van der Waals surface area (Å²) in [5, 5.41) is 2.92. The van der Waals surface area contributed by atoms with E-state index < -0.39 is 0 Å². The fourth-order valence-electron chi connectivity index (χ4n) is 2.91. The van der Waals surface area contributed by atoms with Gasteiger partial charge in [-0.15, -0.1) is 0 Å². The molecule has 2 heterocycles. The minimum atomic E-state index is -0.374. The molecule has 1 aromatic heterocycles. The molecule has 0 spiro atoms. The van der Waals surface area contributed by atoms with Crippen molar-refractivity contribution < 1.29 is 14.3 Å². The van der Waals surface area contributed by atoms with Crippen LogP contribution in [0.1, 0.15) is 39.1 Å². The fraction of sp³-hybridized carbons (Fsp3) is 0.316. The lowest BCUT2D eigenvalue weighted by atomic mass is 10.1. The Morgan fingerprint density at radius 1 is 1.16 bits per heavy atom. The van der Waals surface area contributed by atoms with E-state index in [2.05, 4.69) is 19.9 Å². The van der Waals surface area contributed by atoms with E-state index >= 15 is 0 Å². The number of carbonyl (C=O) groups is 2. The quantitative estimate of drug-likeness (QED) is 0.847. The molecule has 6 nitrogen and oxygen atoms in total. The highest BCUT2D eigenvalue weighted by molar-refractivity contribution is 5.98. The average molecular weight is 339 g/mol. The van der Waals surface area contributed by atoms with Gasteiger partial charge in [-0.2, -0.15) is 0 Å². The third-order valence-corrected chi connectivity index (χ3v) is 4.27. The van der Waals surface area contributed by atoms with Gasteiger partial charge < -0.3 is 15.0 Å². The van der Waals surface area contributed by atoms with Crippen LogP contribution < -0.4 is 10.2 Å². The Balaban J connectivity index is 1.66. The maximum absolute atomic E-state index is 12.6. The third kappa shape index (κ3) is 3.96. The second-order valence-electron chi connectivity index (χ2n) is 5.94. The molecule has 6 heteroatoms. The molecule has 1 aliphatic heterocycles. The molecule has 1 N–H and O–H groups in total. The van der Waals surface area contributed by atoms with E-state index in [-0.39, 0.29) is 11.9 Å². The zero-order valence-corrected chi connectivity index (χ0v) is 14.2. The van der Waals surface area contributed by atoms with Gasteiger partial charge in [-0.05, 0) is 42.7 Å². The first-order chi connectivity index (χ1) is 12.2. The SMILES string of the molecule is COC(=O)c1ccc(CNC(=O)c2cccnc2N2CCCC2)cc1. The maximum atomic E-state index is 12.6. The number of methoxy groups -OCH3 is 1. The van der Waals surface area contributed by atoms with Crippen molar-refractivity contribution in [3.63, 3.8) is 0 Å². The largest absolute Gasteiger partial charge is 0.465 e. The van der Waals surface area contributed by atoms with Gasteiger partial charge in [0.05, 0.1) is 18.2 Å². The minimum Gasteiger partial charge on any atom is -0.465 e. The molecule has 25 heavy (non-hydrogen) atoms. The zero-order chi connectivity index (χ0) is 17.6. The smallest absolute Gasteiger partial charge is 0.337 e. The number of anilines is 1. The van der Waals surface area contributed by atoms with Gasteiger partial charge in [0.1, 0.15) is 5.82 Å². The first kappa shape index (κ1) is 17.0. The second-order valence-corrected chi connectivity index (χ2v) is 5.94. The summed E-state index contributed by atoms with van der Waals surface area (Å²) >= 11 is 0. The topological polar surface area (TPSA) is 71.5 Å². The van der Waals surface area contributed by atoms with Gasteiger partial charge >= 0.3 is 5.97 Å². The van der Waals surface area contributed by atoms with Crippen molar-refractivity contribution in [3.05, 3.63) is 59.3 Å². The number of nitrogens with zero attached hydrogens (tertiary/aromatic N) is 2. The number of aromatic nitrogens is 1. The Morgan fingerprint density at radius 2 is 1.88 bits per heavy atom. The average Bonchev–Trinajstić information content (AvgIpc) is 3.20. The zero-order valence-electron chi connectivity index (χ0n) is 14.2. The molecule has 0 atom stereocenters. The highest BCUT2D eigenvalue weighted by atomic mass is 16.5. The molecule has 0 unspecified atom stereocenters. The number of benzene rings is 1. The summed E-state index contributed by atoms with van der Waals surface area (Å²) in [6, 6.07) is 10.6. The number of esters is 1. The van der Waals surface area contributed by atoms with Gasteiger partial charge in [0.15, 0.2) is 0 Å². The predicted octanol–water partition coefficient (Wildman–Crippen LogP) is 2.40. The molecule has 0 radical (unpaired) electrons. The van der Waals surface area contributed by atoms with E-state index in [1.165, 1.54) is 7.11 Å². The number of carbonyl (C=O) groups excluding carboxylic acids is 2. The van der Waals surface area contributed by atoms with Crippen LogP contribution in [0.25, 0.3) is 0 Å². The second kappa shape index (κ2) is 7.79. The maximum Gasteiger partial charge on any atom is 0.337 e. The van der Waals surface area contributed by atoms with Crippen LogP contribution in [0.4, 0.5) is 5.82 Å². The van der Waals surface area contributed by atoms with E-state index in [0.29, 0.717) is 17.7 Å². The molecule has 130 valence electrons. The van der Waals surface area contributed by atoms with E-state index in [1.807, 2.05) is 0 Å². The molecule has 2 aromatic rings. The number of amides is 1. The number of hydrogen-bond donors (Lipinski definition) is 1. The lowest BCUT2D eigenvalue weighted by Gasteiger charge is -2.19. The lowest BCUT2D eigenvalue weighted by Crippen LogP contribution is -2.28. The molecule has 1 aliphatic rings. The van der Waals surface area contributed by atoms with Crippen LogP contribution in [-0.4, -0.2) is 37.1 Å². The highest BCUT2D eigenvalue weighted by Gasteiger charge is 2.20. The molecular formula is C19H21N3O3. The van der Waals surface area contributed by atoms with Gasteiger partial charge in [0.25, 0.3) is 5.91 Å². The molecule has 1 fully saturated rings. The van der Waals surface area contributed by atoms with Crippen molar-refractivity contribution in [2.24, 2.45) is 0 Å². The van der Waals surface area contributed by atoms with Gasteiger partial charge in [-0.3, -0.25) is 4.79 Å². The first-order valence-corrected chi connectivity index (χ1v) is 8.34. The fourth-order valence-corrected chi connectivity index (χ4v) is 2.91. The Bertz CT molecular complexity index is 753. The molecule has 1 saturated heterocycles. The van der Waals surface area contributed by atoms with Crippen molar-refractivity contribution in [2.75, 3.05) is 25.1 Å². The molecule has 0 bridgehead atoms. The van der Waals surface area contributed by atoms with E-state index in [4.69, 9.17) is 0 Å². The number of ether oxygens (including phenoxy) is 1. The van der Waals surface area contributed by atoms with Crippen molar-refractivity contribution >= 4 is 17.7 Å². The Labute approximate surface area is 146 Å². The Kier molecular flexibility index (Phi) is 5.28. The standard InChI is InChI=1S/C19H21N3O3/c1-25-19(24)15-8-6-14(7-9-15)13-21-18(23)16-5-4-10-20-17(16)22-11-2-3-12-22/h4-10H,2-3,11-13H2,1H3,(H,21,23). The van der Waals surface area contributed by atoms with Crippen molar-refractivity contribution in [3.8, 4) is 0 Å².